The molecular formula is C21H24N4O3S. The Kier molecular flexibility index (Phi) is 5.80. The smallest absolute Gasteiger partial charge is 0.223 e. The van der Waals surface area contributed by atoms with E-state index in [2.05, 4.69) is 14.9 Å². The largest absolute Gasteiger partial charge is 0.497 e. The van der Waals surface area contributed by atoms with Crippen LogP contribution in [0.4, 0.5) is 5.13 Å². The van der Waals surface area contributed by atoms with Gasteiger partial charge >= 0.3 is 0 Å². The first-order valence-corrected chi connectivity index (χ1v) is 10.4. The molecule has 0 atom stereocenters. The lowest BCUT2D eigenvalue weighted by Gasteiger charge is -2.34. The first kappa shape index (κ1) is 19.4. The predicted molar refractivity (Wildman–Crippen MR) is 114 cm³/mol. The monoisotopic (exact) mass is 412 g/mol. The molecule has 1 aliphatic rings. The van der Waals surface area contributed by atoms with E-state index in [1.165, 1.54) is 0 Å². The highest BCUT2D eigenvalue weighted by molar-refractivity contribution is 7.21. The fourth-order valence-corrected chi connectivity index (χ4v) is 4.48. The van der Waals surface area contributed by atoms with Crippen LogP contribution in [0, 0.1) is 0 Å². The Morgan fingerprint density at radius 1 is 1.14 bits per heavy atom. The van der Waals surface area contributed by atoms with Crippen LogP contribution in [0.25, 0.3) is 10.3 Å². The normalized spacial score (nSPS) is 14.3. The maximum atomic E-state index is 12.7. The van der Waals surface area contributed by atoms with Crippen molar-refractivity contribution in [3.8, 4) is 11.5 Å². The van der Waals surface area contributed by atoms with E-state index in [1.54, 1.807) is 31.8 Å². The van der Waals surface area contributed by atoms with Crippen LogP contribution in [0.15, 0.2) is 36.5 Å². The van der Waals surface area contributed by atoms with E-state index in [0.29, 0.717) is 25.9 Å². The van der Waals surface area contributed by atoms with Crippen molar-refractivity contribution >= 4 is 32.7 Å². The summed E-state index contributed by atoms with van der Waals surface area (Å²) < 4.78 is 10.7. The lowest BCUT2D eigenvalue weighted by molar-refractivity contribution is -0.131. The number of benzene rings is 1. The number of hydrogen-bond acceptors (Lipinski definition) is 7. The Balaban J connectivity index is 1.33. The first-order chi connectivity index (χ1) is 14.2. The van der Waals surface area contributed by atoms with Crippen LogP contribution in [0.3, 0.4) is 0 Å². The van der Waals surface area contributed by atoms with Gasteiger partial charge in [0.25, 0.3) is 0 Å². The standard InChI is InChI=1S/C21H24N4O3S/c1-27-16-6-7-18(28-2)15(14-16)5-8-19(26)24-10-12-25(13-11-24)21-23-17-4-3-9-22-20(17)29-21/h3-4,6-7,9,14H,5,8,10-13H2,1-2H3. The number of piperazine rings is 1. The molecule has 0 saturated carbocycles. The van der Waals surface area contributed by atoms with Gasteiger partial charge in [0.2, 0.25) is 5.91 Å². The SMILES string of the molecule is COc1ccc(OC)c(CCC(=O)N2CCN(c3nc4cccnc4s3)CC2)c1. The minimum atomic E-state index is 0.167. The van der Waals surface area contributed by atoms with Crippen LogP contribution in [0.2, 0.25) is 0 Å². The number of thiazole rings is 1. The number of ether oxygens (including phenoxy) is 2. The van der Waals surface area contributed by atoms with Crippen molar-refractivity contribution in [1.29, 1.82) is 0 Å². The highest BCUT2D eigenvalue weighted by Crippen LogP contribution is 2.28. The van der Waals surface area contributed by atoms with E-state index >= 15 is 0 Å². The van der Waals surface area contributed by atoms with E-state index in [1.807, 2.05) is 35.2 Å². The highest BCUT2D eigenvalue weighted by atomic mass is 32.1. The quantitative estimate of drug-likeness (QED) is 0.620. The van der Waals surface area contributed by atoms with E-state index in [4.69, 9.17) is 9.47 Å². The molecule has 29 heavy (non-hydrogen) atoms. The van der Waals surface area contributed by atoms with Crippen molar-refractivity contribution in [1.82, 2.24) is 14.9 Å². The summed E-state index contributed by atoms with van der Waals surface area (Å²) in [6.45, 7) is 2.98. The van der Waals surface area contributed by atoms with Crippen LogP contribution >= 0.6 is 11.3 Å². The third-order valence-corrected chi connectivity index (χ3v) is 6.19. The molecule has 8 heteroatoms. The fourth-order valence-electron chi connectivity index (χ4n) is 3.52. The number of nitrogens with zero attached hydrogens (tertiary/aromatic N) is 4. The van der Waals surface area contributed by atoms with Gasteiger partial charge in [-0.3, -0.25) is 4.79 Å². The Morgan fingerprint density at radius 2 is 1.97 bits per heavy atom. The summed E-state index contributed by atoms with van der Waals surface area (Å²) in [7, 11) is 3.28. The van der Waals surface area contributed by atoms with E-state index in [9.17, 15) is 4.79 Å². The summed E-state index contributed by atoms with van der Waals surface area (Å²) in [5, 5.41) is 0.979. The molecule has 0 radical (unpaired) electrons. The second kappa shape index (κ2) is 8.65. The zero-order valence-electron chi connectivity index (χ0n) is 16.6. The molecule has 0 unspecified atom stereocenters. The van der Waals surface area contributed by atoms with Gasteiger partial charge in [-0.25, -0.2) is 9.97 Å². The van der Waals surface area contributed by atoms with Crippen molar-refractivity contribution in [3.05, 3.63) is 42.1 Å². The molecule has 152 valence electrons. The van der Waals surface area contributed by atoms with Crippen molar-refractivity contribution in [2.24, 2.45) is 0 Å². The summed E-state index contributed by atoms with van der Waals surface area (Å²) in [6.07, 6.45) is 2.87. The van der Waals surface area contributed by atoms with Crippen molar-refractivity contribution in [2.75, 3.05) is 45.3 Å². The highest BCUT2D eigenvalue weighted by Gasteiger charge is 2.23. The first-order valence-electron chi connectivity index (χ1n) is 9.63. The molecule has 1 aromatic carbocycles. The predicted octanol–water partition coefficient (Wildman–Crippen LogP) is 2.99. The Hall–Kier alpha value is -2.87. The third-order valence-electron chi connectivity index (χ3n) is 5.15. The lowest BCUT2D eigenvalue weighted by Crippen LogP contribution is -2.48. The molecule has 4 rings (SSSR count). The maximum Gasteiger partial charge on any atom is 0.223 e. The number of anilines is 1. The van der Waals surface area contributed by atoms with Crippen LogP contribution < -0.4 is 14.4 Å². The summed E-state index contributed by atoms with van der Waals surface area (Å²) in [6, 6.07) is 9.56. The second-order valence-electron chi connectivity index (χ2n) is 6.87. The molecular weight excluding hydrogens is 388 g/mol. The number of aryl methyl sites for hydroxylation is 1. The molecule has 1 amide bonds. The Labute approximate surface area is 173 Å². The van der Waals surface area contributed by atoms with Crippen molar-refractivity contribution in [2.45, 2.75) is 12.8 Å². The number of amides is 1. The molecule has 0 aliphatic carbocycles. The second-order valence-corrected chi connectivity index (χ2v) is 7.83. The van der Waals surface area contributed by atoms with Gasteiger partial charge in [0.1, 0.15) is 21.8 Å². The van der Waals surface area contributed by atoms with Gasteiger partial charge in [-0.15, -0.1) is 0 Å². The number of aromatic nitrogens is 2. The topological polar surface area (TPSA) is 67.8 Å². The zero-order valence-corrected chi connectivity index (χ0v) is 17.4. The van der Waals surface area contributed by atoms with Gasteiger partial charge in [0, 0.05) is 38.8 Å². The number of methoxy groups -OCH3 is 2. The average molecular weight is 413 g/mol. The molecule has 1 fully saturated rings. The van der Waals surface area contributed by atoms with Crippen LogP contribution in [0.5, 0.6) is 11.5 Å². The number of rotatable bonds is 6. The number of pyridine rings is 1. The summed E-state index contributed by atoms with van der Waals surface area (Å²) >= 11 is 1.60. The van der Waals surface area contributed by atoms with Gasteiger partial charge in [-0.2, -0.15) is 0 Å². The molecule has 3 aromatic rings. The van der Waals surface area contributed by atoms with Crippen LogP contribution in [-0.2, 0) is 11.2 Å². The molecule has 0 bridgehead atoms. The van der Waals surface area contributed by atoms with Gasteiger partial charge in [0.05, 0.1) is 14.2 Å². The molecule has 7 nitrogen and oxygen atoms in total. The number of carbonyl (C=O) groups is 1. The molecule has 1 aliphatic heterocycles. The van der Waals surface area contributed by atoms with Crippen molar-refractivity contribution < 1.29 is 14.3 Å². The molecule has 0 spiro atoms. The summed E-state index contributed by atoms with van der Waals surface area (Å²) in [4.78, 5) is 26.9. The minimum absolute atomic E-state index is 0.167. The van der Waals surface area contributed by atoms with Gasteiger partial charge in [0.15, 0.2) is 5.13 Å². The number of fused-ring (bicyclic) bond motifs is 1. The molecule has 2 aromatic heterocycles. The van der Waals surface area contributed by atoms with Gasteiger partial charge < -0.3 is 19.3 Å². The number of hydrogen-bond donors (Lipinski definition) is 0. The van der Waals surface area contributed by atoms with E-state index < -0.39 is 0 Å². The van der Waals surface area contributed by atoms with Crippen molar-refractivity contribution in [3.63, 3.8) is 0 Å². The lowest BCUT2D eigenvalue weighted by atomic mass is 10.1. The van der Waals surface area contributed by atoms with Crippen LogP contribution in [0.1, 0.15) is 12.0 Å². The summed E-state index contributed by atoms with van der Waals surface area (Å²) in [5.74, 6) is 1.72. The third kappa shape index (κ3) is 4.27. The average Bonchev–Trinajstić information content (AvgIpc) is 3.21. The van der Waals surface area contributed by atoms with E-state index in [-0.39, 0.29) is 5.91 Å². The Morgan fingerprint density at radius 3 is 2.69 bits per heavy atom. The van der Waals surface area contributed by atoms with Crippen LogP contribution in [-0.4, -0.2) is 61.2 Å². The zero-order chi connectivity index (χ0) is 20.2. The minimum Gasteiger partial charge on any atom is -0.497 e. The fraction of sp³-hybridized carbons (Fsp3) is 0.381. The molecule has 0 N–H and O–H groups in total. The van der Waals surface area contributed by atoms with E-state index in [0.717, 1.165) is 45.6 Å². The Bertz CT molecular complexity index is 966. The molecule has 1 saturated heterocycles. The number of carbonyl (C=O) groups excluding carboxylic acids is 1. The molecule has 3 heterocycles. The summed E-state index contributed by atoms with van der Waals surface area (Å²) in [5.41, 5.74) is 1.92. The van der Waals surface area contributed by atoms with Gasteiger partial charge in [-0.05, 0) is 42.3 Å². The van der Waals surface area contributed by atoms with Gasteiger partial charge in [-0.1, -0.05) is 11.3 Å². The maximum absolute atomic E-state index is 12.7.